The van der Waals surface area contributed by atoms with Crippen LogP contribution < -0.4 is 5.32 Å². The second kappa shape index (κ2) is 8.22. The van der Waals surface area contributed by atoms with Gasteiger partial charge < -0.3 is 14.6 Å². The Morgan fingerprint density at radius 3 is 2.63 bits per heavy atom. The van der Waals surface area contributed by atoms with Crippen molar-refractivity contribution in [2.75, 3.05) is 0 Å². The van der Waals surface area contributed by atoms with Crippen LogP contribution in [0.5, 0.6) is 0 Å². The second-order valence-corrected chi connectivity index (χ2v) is 9.03. The molecule has 0 spiro atoms. The lowest BCUT2D eigenvalue weighted by Crippen LogP contribution is -2.37. The van der Waals surface area contributed by atoms with Gasteiger partial charge in [-0.15, -0.1) is 0 Å². The minimum absolute atomic E-state index is 0.0599. The predicted octanol–water partition coefficient (Wildman–Crippen LogP) is 6.56. The predicted molar refractivity (Wildman–Crippen MR) is 124 cm³/mol. The first kappa shape index (κ1) is 19.9. The van der Waals surface area contributed by atoms with Crippen molar-refractivity contribution in [3.63, 3.8) is 0 Å². The van der Waals surface area contributed by atoms with Crippen LogP contribution in [0, 0.1) is 0 Å². The molecule has 30 heavy (non-hydrogen) atoms. The van der Waals surface area contributed by atoms with E-state index in [0.717, 1.165) is 40.7 Å². The fraction of sp³-hybridized carbons (Fsp3) is 0.304. The van der Waals surface area contributed by atoms with Crippen LogP contribution in [0.1, 0.15) is 49.2 Å². The molecule has 0 unspecified atom stereocenters. The molecule has 154 valence electrons. The maximum atomic E-state index is 6.41. The highest BCUT2D eigenvalue weighted by Gasteiger charge is 2.45. The minimum atomic E-state index is -0.0704. The number of hydrogen-bond donors (Lipinski definition) is 1. The van der Waals surface area contributed by atoms with Gasteiger partial charge in [0.05, 0.1) is 16.8 Å². The number of nitrogens with zero attached hydrogens (tertiary/aromatic N) is 2. The average Bonchev–Trinajstić information content (AvgIpc) is 3.48. The zero-order valence-corrected chi connectivity index (χ0v) is 18.6. The third-order valence-electron chi connectivity index (χ3n) is 5.97. The second-order valence-electron chi connectivity index (χ2n) is 7.80. The Morgan fingerprint density at radius 1 is 1.07 bits per heavy atom. The Bertz CT molecular complexity index is 1070. The molecule has 0 bridgehead atoms. The first-order chi connectivity index (χ1) is 14.6. The Morgan fingerprint density at radius 2 is 1.90 bits per heavy atom. The number of furan rings is 1. The van der Waals surface area contributed by atoms with Crippen molar-refractivity contribution >= 4 is 40.5 Å². The van der Waals surface area contributed by atoms with Crippen LogP contribution in [0.2, 0.25) is 10.0 Å². The lowest BCUT2D eigenvalue weighted by molar-refractivity contribution is 0.218. The molecule has 1 aliphatic carbocycles. The Labute approximate surface area is 191 Å². The van der Waals surface area contributed by atoms with Crippen molar-refractivity contribution in [2.45, 2.75) is 43.8 Å². The first-order valence-electron chi connectivity index (χ1n) is 10.2. The topological polar surface area (TPSA) is 41.3 Å². The summed E-state index contributed by atoms with van der Waals surface area (Å²) in [5.41, 5.74) is 1.77. The highest BCUT2D eigenvalue weighted by molar-refractivity contribution is 7.80. The van der Waals surface area contributed by atoms with E-state index in [1.54, 1.807) is 6.07 Å². The lowest BCUT2D eigenvalue weighted by atomic mass is 10.0. The van der Waals surface area contributed by atoms with Gasteiger partial charge in [0.15, 0.2) is 5.11 Å². The van der Waals surface area contributed by atoms with E-state index < -0.39 is 0 Å². The van der Waals surface area contributed by atoms with E-state index in [4.69, 9.17) is 39.8 Å². The summed E-state index contributed by atoms with van der Waals surface area (Å²) in [7, 11) is 0. The standard InChI is InChI=1S/C23H21Cl2N3OS/c24-14-8-9-16(17(25)13-14)19-10-11-20(29-19)22-21(18-7-3-4-12-26-18)27-23(30)28(22)15-5-1-2-6-15/h3-4,7-13,15,21-22H,1-2,5-6H2,(H,27,30)/t21-,22-/m1/s1. The van der Waals surface area contributed by atoms with Crippen molar-refractivity contribution < 1.29 is 4.42 Å². The summed E-state index contributed by atoms with van der Waals surface area (Å²) in [6, 6.07) is 15.7. The lowest BCUT2D eigenvalue weighted by Gasteiger charge is -2.31. The van der Waals surface area contributed by atoms with Crippen LogP contribution in [0.3, 0.4) is 0 Å². The van der Waals surface area contributed by atoms with Gasteiger partial charge >= 0.3 is 0 Å². The fourth-order valence-corrected chi connectivity index (χ4v) is 5.48. The monoisotopic (exact) mass is 457 g/mol. The molecule has 2 aliphatic rings. The zero-order valence-electron chi connectivity index (χ0n) is 16.2. The molecule has 1 aliphatic heterocycles. The largest absolute Gasteiger partial charge is 0.459 e. The molecule has 1 N–H and O–H groups in total. The molecular weight excluding hydrogens is 437 g/mol. The summed E-state index contributed by atoms with van der Waals surface area (Å²) in [5, 5.41) is 5.44. The normalized spacial score (nSPS) is 21.9. The average molecular weight is 458 g/mol. The molecule has 7 heteroatoms. The number of hydrogen-bond acceptors (Lipinski definition) is 3. The molecule has 2 atom stereocenters. The Balaban J connectivity index is 1.55. The van der Waals surface area contributed by atoms with Gasteiger partial charge in [-0.25, -0.2) is 0 Å². The maximum Gasteiger partial charge on any atom is 0.170 e. The van der Waals surface area contributed by atoms with Gasteiger partial charge in [-0.05, 0) is 67.5 Å². The first-order valence-corrected chi connectivity index (χ1v) is 11.3. The summed E-state index contributed by atoms with van der Waals surface area (Å²) in [6.07, 6.45) is 6.56. The third kappa shape index (κ3) is 3.59. The van der Waals surface area contributed by atoms with E-state index in [9.17, 15) is 0 Å². The van der Waals surface area contributed by atoms with Crippen LogP contribution in [0.4, 0.5) is 0 Å². The molecule has 5 rings (SSSR count). The van der Waals surface area contributed by atoms with Crippen molar-refractivity contribution in [3.8, 4) is 11.3 Å². The molecular formula is C23H21Cl2N3OS. The van der Waals surface area contributed by atoms with Gasteiger partial charge in [0.2, 0.25) is 0 Å². The molecule has 1 saturated carbocycles. The van der Waals surface area contributed by atoms with Crippen molar-refractivity contribution in [1.82, 2.24) is 15.2 Å². The van der Waals surface area contributed by atoms with Crippen LogP contribution >= 0.6 is 35.4 Å². The quantitative estimate of drug-likeness (QED) is 0.448. The number of rotatable bonds is 4. The maximum absolute atomic E-state index is 6.41. The number of nitrogens with one attached hydrogen (secondary N) is 1. The molecule has 4 nitrogen and oxygen atoms in total. The van der Waals surface area contributed by atoms with E-state index in [0.29, 0.717) is 16.1 Å². The van der Waals surface area contributed by atoms with Gasteiger partial charge in [-0.3, -0.25) is 4.98 Å². The summed E-state index contributed by atoms with van der Waals surface area (Å²) >= 11 is 18.2. The van der Waals surface area contributed by atoms with Gasteiger partial charge in [-0.1, -0.05) is 42.1 Å². The molecule has 3 heterocycles. The molecule has 2 fully saturated rings. The summed E-state index contributed by atoms with van der Waals surface area (Å²) < 4.78 is 6.37. The Hall–Kier alpha value is -2.08. The number of benzene rings is 1. The highest BCUT2D eigenvalue weighted by atomic mass is 35.5. The number of halogens is 2. The Kier molecular flexibility index (Phi) is 5.44. The summed E-state index contributed by atoms with van der Waals surface area (Å²) in [6.45, 7) is 0. The number of pyridine rings is 1. The van der Waals surface area contributed by atoms with Gasteiger partial charge in [0.25, 0.3) is 0 Å². The smallest absolute Gasteiger partial charge is 0.170 e. The van der Waals surface area contributed by atoms with Gasteiger partial charge in [0, 0.05) is 22.8 Å². The van der Waals surface area contributed by atoms with E-state index in [-0.39, 0.29) is 12.1 Å². The SMILES string of the molecule is S=C1N[C@H](c2ccccn2)[C@@H](c2ccc(-c3ccc(Cl)cc3Cl)o2)N1C1CCCC1. The molecule has 0 radical (unpaired) electrons. The van der Waals surface area contributed by atoms with E-state index in [1.807, 2.05) is 48.7 Å². The van der Waals surface area contributed by atoms with Crippen LogP contribution in [-0.4, -0.2) is 21.0 Å². The van der Waals surface area contributed by atoms with E-state index >= 15 is 0 Å². The van der Waals surface area contributed by atoms with E-state index in [1.165, 1.54) is 12.8 Å². The van der Waals surface area contributed by atoms with Crippen molar-refractivity contribution in [1.29, 1.82) is 0 Å². The van der Waals surface area contributed by atoms with Gasteiger partial charge in [-0.2, -0.15) is 0 Å². The van der Waals surface area contributed by atoms with Crippen molar-refractivity contribution in [3.05, 3.63) is 76.2 Å². The molecule has 1 aromatic carbocycles. The summed E-state index contributed by atoms with van der Waals surface area (Å²) in [5.74, 6) is 1.57. The van der Waals surface area contributed by atoms with Gasteiger partial charge in [0.1, 0.15) is 17.6 Å². The summed E-state index contributed by atoms with van der Waals surface area (Å²) in [4.78, 5) is 6.92. The van der Waals surface area contributed by atoms with Crippen LogP contribution in [-0.2, 0) is 0 Å². The fourth-order valence-electron chi connectivity index (χ4n) is 4.59. The molecule has 0 amide bonds. The van der Waals surface area contributed by atoms with Crippen LogP contribution in [0.15, 0.2) is 59.1 Å². The highest BCUT2D eigenvalue weighted by Crippen LogP contribution is 2.44. The van der Waals surface area contributed by atoms with E-state index in [2.05, 4.69) is 15.2 Å². The molecule has 1 saturated heterocycles. The molecule has 2 aromatic heterocycles. The third-order valence-corrected chi connectivity index (χ3v) is 6.84. The van der Waals surface area contributed by atoms with Crippen molar-refractivity contribution in [2.24, 2.45) is 0 Å². The molecule has 3 aromatic rings. The number of thiocarbonyl (C=S) groups is 1. The van der Waals surface area contributed by atoms with Crippen LogP contribution in [0.25, 0.3) is 11.3 Å². The minimum Gasteiger partial charge on any atom is -0.459 e. The zero-order chi connectivity index (χ0) is 20.7. The number of aromatic nitrogens is 1.